The van der Waals surface area contributed by atoms with E-state index in [0.717, 1.165) is 25.5 Å². The van der Waals surface area contributed by atoms with E-state index in [1.165, 1.54) is 17.6 Å². The summed E-state index contributed by atoms with van der Waals surface area (Å²) in [6.07, 6.45) is 2.39. The first-order chi connectivity index (χ1) is 9.10. The van der Waals surface area contributed by atoms with Gasteiger partial charge in [-0.15, -0.1) is 10.2 Å². The van der Waals surface area contributed by atoms with E-state index in [9.17, 15) is 0 Å². The van der Waals surface area contributed by atoms with Crippen LogP contribution in [-0.2, 0) is 13.6 Å². The van der Waals surface area contributed by atoms with E-state index in [1.807, 2.05) is 7.05 Å². The van der Waals surface area contributed by atoms with Crippen LogP contribution in [0.1, 0.15) is 39.4 Å². The summed E-state index contributed by atoms with van der Waals surface area (Å²) in [4.78, 5) is 4.01. The van der Waals surface area contributed by atoms with Crippen molar-refractivity contribution in [1.82, 2.24) is 30.4 Å². The van der Waals surface area contributed by atoms with Crippen molar-refractivity contribution in [2.75, 3.05) is 13.1 Å². The van der Waals surface area contributed by atoms with E-state index in [2.05, 4.69) is 46.4 Å². The number of rotatable bonds is 4. The Labute approximate surface area is 115 Å². The molecule has 1 aliphatic rings. The summed E-state index contributed by atoms with van der Waals surface area (Å²) in [6.45, 7) is 9.83. The van der Waals surface area contributed by atoms with Gasteiger partial charge in [0, 0.05) is 18.6 Å². The van der Waals surface area contributed by atoms with Crippen molar-refractivity contribution in [2.24, 2.45) is 13.0 Å². The molecule has 0 aromatic carbocycles. The fourth-order valence-corrected chi connectivity index (χ4v) is 2.61. The van der Waals surface area contributed by atoms with Crippen LogP contribution in [0.2, 0.25) is 0 Å². The smallest absolute Gasteiger partial charge is 0.188 e. The molecule has 2 rings (SSSR count). The Morgan fingerprint density at radius 3 is 2.89 bits per heavy atom. The molecule has 0 spiro atoms. The SMILES string of the molecule is CCC(C)C1CN(Cc2nnn(C)n2)C(C)CCN1. The lowest BCUT2D eigenvalue weighted by atomic mass is 9.99. The van der Waals surface area contributed by atoms with Gasteiger partial charge < -0.3 is 5.32 Å². The average Bonchev–Trinajstić information content (AvgIpc) is 2.71. The number of tetrazole rings is 1. The normalized spacial score (nSPS) is 27.2. The summed E-state index contributed by atoms with van der Waals surface area (Å²) in [5, 5.41) is 16.0. The monoisotopic (exact) mass is 266 g/mol. The molecule has 2 heterocycles. The van der Waals surface area contributed by atoms with E-state index >= 15 is 0 Å². The van der Waals surface area contributed by atoms with Gasteiger partial charge in [0.15, 0.2) is 5.82 Å². The molecule has 6 nitrogen and oxygen atoms in total. The third-order valence-corrected chi connectivity index (χ3v) is 4.25. The predicted octanol–water partition coefficient (Wildman–Crippen LogP) is 0.809. The lowest BCUT2D eigenvalue weighted by Crippen LogP contribution is -2.43. The van der Waals surface area contributed by atoms with Gasteiger partial charge in [0.05, 0.1) is 13.6 Å². The minimum absolute atomic E-state index is 0.561. The van der Waals surface area contributed by atoms with Crippen LogP contribution in [0.15, 0.2) is 0 Å². The summed E-state index contributed by atoms with van der Waals surface area (Å²) < 4.78 is 0. The minimum Gasteiger partial charge on any atom is -0.312 e. The molecule has 3 atom stereocenters. The summed E-state index contributed by atoms with van der Waals surface area (Å²) >= 11 is 0. The van der Waals surface area contributed by atoms with Crippen LogP contribution in [0.4, 0.5) is 0 Å². The Bertz CT molecular complexity index is 390. The summed E-state index contributed by atoms with van der Waals surface area (Å²) in [7, 11) is 1.81. The standard InChI is InChI=1S/C13H26N6/c1-5-10(2)12-8-19(11(3)6-7-14-12)9-13-15-17-18(4)16-13/h10-12,14H,5-9H2,1-4H3. The highest BCUT2D eigenvalue weighted by Gasteiger charge is 2.26. The summed E-state index contributed by atoms with van der Waals surface area (Å²) in [5.41, 5.74) is 0. The van der Waals surface area contributed by atoms with Gasteiger partial charge in [0.1, 0.15) is 0 Å². The predicted molar refractivity (Wildman–Crippen MR) is 74.5 cm³/mol. The van der Waals surface area contributed by atoms with Crippen molar-refractivity contribution in [3.63, 3.8) is 0 Å². The molecular weight excluding hydrogens is 240 g/mol. The summed E-state index contributed by atoms with van der Waals surface area (Å²) in [6, 6.07) is 1.12. The first kappa shape index (κ1) is 14.4. The Morgan fingerprint density at radius 1 is 1.47 bits per heavy atom. The van der Waals surface area contributed by atoms with Crippen LogP contribution in [0.25, 0.3) is 0 Å². The van der Waals surface area contributed by atoms with Gasteiger partial charge in [-0.1, -0.05) is 20.3 Å². The zero-order chi connectivity index (χ0) is 13.8. The van der Waals surface area contributed by atoms with Crippen molar-refractivity contribution in [3.8, 4) is 0 Å². The Kier molecular flexibility index (Phi) is 4.87. The highest BCUT2D eigenvalue weighted by Crippen LogP contribution is 2.17. The number of aryl methyl sites for hydroxylation is 1. The van der Waals surface area contributed by atoms with Crippen LogP contribution >= 0.6 is 0 Å². The van der Waals surface area contributed by atoms with Crippen LogP contribution < -0.4 is 5.32 Å². The molecule has 0 aliphatic carbocycles. The van der Waals surface area contributed by atoms with Gasteiger partial charge >= 0.3 is 0 Å². The van der Waals surface area contributed by atoms with E-state index in [-0.39, 0.29) is 0 Å². The summed E-state index contributed by atoms with van der Waals surface area (Å²) in [5.74, 6) is 1.52. The zero-order valence-electron chi connectivity index (χ0n) is 12.5. The molecular formula is C13H26N6. The van der Waals surface area contributed by atoms with Crippen molar-refractivity contribution < 1.29 is 0 Å². The van der Waals surface area contributed by atoms with Crippen molar-refractivity contribution in [2.45, 2.75) is 52.2 Å². The third-order valence-electron chi connectivity index (χ3n) is 4.25. The number of hydrogen-bond donors (Lipinski definition) is 1. The highest BCUT2D eigenvalue weighted by atomic mass is 15.6. The third kappa shape index (κ3) is 3.73. The van der Waals surface area contributed by atoms with E-state index in [0.29, 0.717) is 18.0 Å². The minimum atomic E-state index is 0.561. The Hall–Kier alpha value is -1.01. The maximum absolute atomic E-state index is 4.29. The highest BCUT2D eigenvalue weighted by molar-refractivity contribution is 4.87. The van der Waals surface area contributed by atoms with Crippen molar-refractivity contribution in [1.29, 1.82) is 0 Å². The first-order valence-electron chi connectivity index (χ1n) is 7.30. The van der Waals surface area contributed by atoms with Gasteiger partial charge in [-0.3, -0.25) is 4.90 Å². The second kappa shape index (κ2) is 6.43. The molecule has 1 fully saturated rings. The molecule has 1 N–H and O–H groups in total. The van der Waals surface area contributed by atoms with E-state index in [1.54, 1.807) is 0 Å². The molecule has 1 aromatic rings. The molecule has 1 aromatic heterocycles. The molecule has 1 saturated heterocycles. The molecule has 19 heavy (non-hydrogen) atoms. The largest absolute Gasteiger partial charge is 0.312 e. The molecule has 0 bridgehead atoms. The molecule has 0 amide bonds. The lowest BCUT2D eigenvalue weighted by molar-refractivity contribution is 0.176. The van der Waals surface area contributed by atoms with Crippen LogP contribution in [0, 0.1) is 5.92 Å². The van der Waals surface area contributed by atoms with Crippen LogP contribution in [-0.4, -0.2) is 50.3 Å². The van der Waals surface area contributed by atoms with Gasteiger partial charge in [-0.05, 0) is 31.0 Å². The van der Waals surface area contributed by atoms with Crippen LogP contribution in [0.3, 0.4) is 0 Å². The molecule has 1 aliphatic heterocycles. The molecule has 6 heteroatoms. The second-order valence-corrected chi connectivity index (χ2v) is 5.71. The van der Waals surface area contributed by atoms with Gasteiger partial charge in [0.2, 0.25) is 0 Å². The topological polar surface area (TPSA) is 58.9 Å². The maximum Gasteiger partial charge on any atom is 0.188 e. The molecule has 0 radical (unpaired) electrons. The molecule has 108 valence electrons. The average molecular weight is 266 g/mol. The van der Waals surface area contributed by atoms with Crippen molar-refractivity contribution in [3.05, 3.63) is 5.82 Å². The Balaban J connectivity index is 2.02. The zero-order valence-corrected chi connectivity index (χ0v) is 12.5. The Morgan fingerprint density at radius 2 is 2.26 bits per heavy atom. The quantitative estimate of drug-likeness (QED) is 0.874. The molecule has 3 unspecified atom stereocenters. The number of nitrogens with one attached hydrogen (secondary N) is 1. The lowest BCUT2D eigenvalue weighted by Gasteiger charge is -2.30. The number of aromatic nitrogens is 4. The second-order valence-electron chi connectivity index (χ2n) is 5.71. The fraction of sp³-hybridized carbons (Fsp3) is 0.923. The fourth-order valence-electron chi connectivity index (χ4n) is 2.61. The van der Waals surface area contributed by atoms with Gasteiger partial charge in [-0.2, -0.15) is 4.80 Å². The first-order valence-corrected chi connectivity index (χ1v) is 7.30. The van der Waals surface area contributed by atoms with Gasteiger partial charge in [-0.25, -0.2) is 0 Å². The van der Waals surface area contributed by atoms with Gasteiger partial charge in [0.25, 0.3) is 0 Å². The maximum atomic E-state index is 4.29. The van der Waals surface area contributed by atoms with E-state index in [4.69, 9.17) is 0 Å². The molecule has 0 saturated carbocycles. The number of nitrogens with zero attached hydrogens (tertiary/aromatic N) is 5. The van der Waals surface area contributed by atoms with Crippen molar-refractivity contribution >= 4 is 0 Å². The van der Waals surface area contributed by atoms with Crippen LogP contribution in [0.5, 0.6) is 0 Å². The number of hydrogen-bond acceptors (Lipinski definition) is 5. The van der Waals surface area contributed by atoms with E-state index < -0.39 is 0 Å².